The van der Waals surface area contributed by atoms with Gasteiger partial charge in [0.25, 0.3) is 0 Å². The lowest BCUT2D eigenvalue weighted by Crippen LogP contribution is -1.95. The second-order valence-corrected chi connectivity index (χ2v) is 5.69. The molecule has 1 aromatic carbocycles. The molecule has 1 unspecified atom stereocenters. The van der Waals surface area contributed by atoms with Gasteiger partial charge in [0.1, 0.15) is 16.4 Å². The summed E-state index contributed by atoms with van der Waals surface area (Å²) in [5, 5.41) is 10.6. The summed E-state index contributed by atoms with van der Waals surface area (Å²) in [6.07, 6.45) is 0. The van der Waals surface area contributed by atoms with Crippen LogP contribution in [0.15, 0.2) is 39.2 Å². The molecule has 0 saturated carbocycles. The Morgan fingerprint density at radius 3 is 2.70 bits per heavy atom. The van der Waals surface area contributed by atoms with E-state index in [9.17, 15) is 10.1 Å². The van der Waals surface area contributed by atoms with Gasteiger partial charge in [-0.15, -0.1) is 0 Å². The SMILES string of the molecule is CCOc1ccc(C(Br)c2ccc([N+](=O)[O-])o2)cc1Br. The summed E-state index contributed by atoms with van der Waals surface area (Å²) in [6, 6.07) is 8.53. The summed E-state index contributed by atoms with van der Waals surface area (Å²) in [5.41, 5.74) is 0.907. The highest BCUT2D eigenvalue weighted by Gasteiger charge is 2.19. The van der Waals surface area contributed by atoms with Crippen molar-refractivity contribution in [2.45, 2.75) is 11.8 Å². The van der Waals surface area contributed by atoms with Crippen molar-refractivity contribution in [3.63, 3.8) is 0 Å². The zero-order chi connectivity index (χ0) is 14.7. The first-order valence-corrected chi connectivity index (χ1v) is 7.54. The maximum atomic E-state index is 10.6. The van der Waals surface area contributed by atoms with Crippen molar-refractivity contribution >= 4 is 37.7 Å². The van der Waals surface area contributed by atoms with Gasteiger partial charge in [-0.3, -0.25) is 10.1 Å². The standard InChI is InChI=1S/C13H11Br2NO4/c1-2-19-10-4-3-8(7-9(10)14)13(15)11-5-6-12(20-11)16(17)18/h3-7,13H,2H2,1H3. The number of hydrogen-bond acceptors (Lipinski definition) is 4. The zero-order valence-electron chi connectivity index (χ0n) is 10.5. The lowest BCUT2D eigenvalue weighted by Gasteiger charge is -2.10. The van der Waals surface area contributed by atoms with Crippen LogP contribution in [0.2, 0.25) is 0 Å². The largest absolute Gasteiger partial charge is 0.493 e. The number of benzene rings is 1. The highest BCUT2D eigenvalue weighted by Crippen LogP contribution is 2.37. The summed E-state index contributed by atoms with van der Waals surface area (Å²) < 4.78 is 11.4. The third kappa shape index (κ3) is 3.21. The first-order chi connectivity index (χ1) is 9.52. The molecular formula is C13H11Br2NO4. The molecule has 20 heavy (non-hydrogen) atoms. The molecule has 106 valence electrons. The monoisotopic (exact) mass is 403 g/mol. The molecule has 1 atom stereocenters. The molecule has 2 aromatic rings. The van der Waals surface area contributed by atoms with Crippen molar-refractivity contribution in [1.82, 2.24) is 0 Å². The Morgan fingerprint density at radius 1 is 1.40 bits per heavy atom. The van der Waals surface area contributed by atoms with Gasteiger partial charge in [0.05, 0.1) is 22.0 Å². The molecule has 2 rings (SSSR count). The second-order valence-electron chi connectivity index (χ2n) is 3.92. The Morgan fingerprint density at radius 2 is 2.15 bits per heavy atom. The van der Waals surface area contributed by atoms with Gasteiger partial charge in [-0.2, -0.15) is 0 Å². The molecule has 0 bridgehead atoms. The van der Waals surface area contributed by atoms with Crippen LogP contribution < -0.4 is 4.74 Å². The van der Waals surface area contributed by atoms with Crippen LogP contribution in [0, 0.1) is 10.1 Å². The van der Waals surface area contributed by atoms with Crippen LogP contribution in [-0.2, 0) is 0 Å². The minimum Gasteiger partial charge on any atom is -0.493 e. The number of hydrogen-bond donors (Lipinski definition) is 0. The van der Waals surface area contributed by atoms with E-state index < -0.39 is 4.92 Å². The van der Waals surface area contributed by atoms with Gasteiger partial charge >= 0.3 is 5.88 Å². The van der Waals surface area contributed by atoms with Crippen molar-refractivity contribution in [3.8, 4) is 5.75 Å². The van der Waals surface area contributed by atoms with E-state index in [1.165, 1.54) is 6.07 Å². The predicted molar refractivity (Wildman–Crippen MR) is 81.4 cm³/mol. The minimum atomic E-state index is -0.558. The molecule has 1 aromatic heterocycles. The molecule has 0 aliphatic carbocycles. The third-order valence-electron chi connectivity index (χ3n) is 2.59. The average molecular weight is 405 g/mol. The fraction of sp³-hybridized carbons (Fsp3) is 0.231. The topological polar surface area (TPSA) is 65.5 Å². The molecule has 1 heterocycles. The molecule has 0 fully saturated rings. The predicted octanol–water partition coefficient (Wildman–Crippen LogP) is 4.83. The molecule has 7 heteroatoms. The lowest BCUT2D eigenvalue weighted by atomic mass is 10.1. The van der Waals surface area contributed by atoms with Crippen LogP contribution >= 0.6 is 31.9 Å². The molecule has 0 amide bonds. The molecule has 0 aliphatic rings. The molecule has 0 N–H and O–H groups in total. The van der Waals surface area contributed by atoms with Crippen LogP contribution in [0.25, 0.3) is 0 Å². The van der Waals surface area contributed by atoms with Crippen molar-refractivity contribution < 1.29 is 14.1 Å². The Hall–Kier alpha value is -1.34. The lowest BCUT2D eigenvalue weighted by molar-refractivity contribution is -0.402. The van der Waals surface area contributed by atoms with Crippen LogP contribution in [0.5, 0.6) is 5.75 Å². The average Bonchev–Trinajstić information content (AvgIpc) is 2.90. The molecule has 0 radical (unpaired) electrons. The van der Waals surface area contributed by atoms with Gasteiger partial charge in [0.2, 0.25) is 0 Å². The first-order valence-electron chi connectivity index (χ1n) is 5.83. The van der Waals surface area contributed by atoms with Gasteiger partial charge in [-0.25, -0.2) is 0 Å². The van der Waals surface area contributed by atoms with Gasteiger partial charge in [0, 0.05) is 0 Å². The van der Waals surface area contributed by atoms with E-state index in [-0.39, 0.29) is 10.7 Å². The van der Waals surface area contributed by atoms with E-state index >= 15 is 0 Å². The summed E-state index contributed by atoms with van der Waals surface area (Å²) >= 11 is 6.91. The van der Waals surface area contributed by atoms with E-state index in [1.807, 2.05) is 25.1 Å². The van der Waals surface area contributed by atoms with Crippen LogP contribution in [0.1, 0.15) is 23.1 Å². The quantitative estimate of drug-likeness (QED) is 0.406. The Balaban J connectivity index is 2.25. The molecular weight excluding hydrogens is 394 g/mol. The summed E-state index contributed by atoms with van der Waals surface area (Å²) in [7, 11) is 0. The normalized spacial score (nSPS) is 12.2. The Bertz CT molecular complexity index is 627. The van der Waals surface area contributed by atoms with E-state index in [0.717, 1.165) is 15.8 Å². The fourth-order valence-electron chi connectivity index (χ4n) is 1.69. The van der Waals surface area contributed by atoms with Crippen molar-refractivity contribution in [1.29, 1.82) is 0 Å². The van der Waals surface area contributed by atoms with Crippen LogP contribution in [0.3, 0.4) is 0 Å². The van der Waals surface area contributed by atoms with Gasteiger partial charge in [-0.05, 0) is 46.6 Å². The highest BCUT2D eigenvalue weighted by molar-refractivity contribution is 9.10. The van der Waals surface area contributed by atoms with Crippen molar-refractivity contribution in [2.75, 3.05) is 6.61 Å². The molecule has 5 nitrogen and oxygen atoms in total. The summed E-state index contributed by atoms with van der Waals surface area (Å²) in [5.74, 6) is 0.962. The van der Waals surface area contributed by atoms with Gasteiger partial charge in [-0.1, -0.05) is 22.0 Å². The first kappa shape index (κ1) is 15.1. The molecule has 0 aliphatic heterocycles. The summed E-state index contributed by atoms with van der Waals surface area (Å²) in [6.45, 7) is 2.50. The maximum Gasteiger partial charge on any atom is 0.433 e. The maximum absolute atomic E-state index is 10.6. The smallest absolute Gasteiger partial charge is 0.433 e. The molecule has 0 saturated heterocycles. The number of nitro groups is 1. The van der Waals surface area contributed by atoms with Crippen molar-refractivity contribution in [2.24, 2.45) is 0 Å². The zero-order valence-corrected chi connectivity index (χ0v) is 13.7. The van der Waals surface area contributed by atoms with Crippen molar-refractivity contribution in [3.05, 3.63) is 56.2 Å². The summed E-state index contributed by atoms with van der Waals surface area (Å²) in [4.78, 5) is 9.80. The Labute approximate surface area is 132 Å². The van der Waals surface area contributed by atoms with Crippen LogP contribution in [0.4, 0.5) is 5.88 Å². The molecule has 0 spiro atoms. The number of furan rings is 1. The van der Waals surface area contributed by atoms with Gasteiger partial charge in [0.15, 0.2) is 0 Å². The van der Waals surface area contributed by atoms with E-state index in [1.54, 1.807) is 6.07 Å². The minimum absolute atomic E-state index is 0.261. The van der Waals surface area contributed by atoms with Gasteiger partial charge < -0.3 is 9.15 Å². The number of ether oxygens (including phenoxy) is 1. The Kier molecular flexibility index (Phi) is 4.82. The fourth-order valence-corrected chi connectivity index (χ4v) is 2.73. The number of rotatable bonds is 5. The van der Waals surface area contributed by atoms with E-state index in [2.05, 4.69) is 31.9 Å². The number of alkyl halides is 1. The van der Waals surface area contributed by atoms with Crippen LogP contribution in [-0.4, -0.2) is 11.5 Å². The van der Waals surface area contributed by atoms with E-state index in [4.69, 9.17) is 9.15 Å². The number of nitrogens with zero attached hydrogens (tertiary/aromatic N) is 1. The second kappa shape index (κ2) is 6.41. The van der Waals surface area contributed by atoms with E-state index in [0.29, 0.717) is 12.4 Å². The number of halogens is 2. The highest BCUT2D eigenvalue weighted by atomic mass is 79.9. The third-order valence-corrected chi connectivity index (χ3v) is 4.19.